The molecule has 2 unspecified atom stereocenters. The Balaban J connectivity index is 2.20. The Kier molecular flexibility index (Phi) is 5.51. The average Bonchev–Trinajstić information content (AvgIpc) is 2.85. The van der Waals surface area contributed by atoms with Gasteiger partial charge in [-0.3, -0.25) is 4.90 Å². The van der Waals surface area contributed by atoms with Crippen molar-refractivity contribution in [3.05, 3.63) is 57.5 Å². The van der Waals surface area contributed by atoms with E-state index in [0.717, 1.165) is 12.0 Å². The van der Waals surface area contributed by atoms with Crippen molar-refractivity contribution in [1.29, 1.82) is 0 Å². The highest BCUT2D eigenvalue weighted by atomic mass is 32.1. The molecule has 0 saturated heterocycles. The van der Waals surface area contributed by atoms with Crippen LogP contribution >= 0.6 is 11.3 Å². The van der Waals surface area contributed by atoms with E-state index in [0.29, 0.717) is 6.54 Å². The van der Waals surface area contributed by atoms with E-state index in [1.807, 2.05) is 6.07 Å². The van der Waals surface area contributed by atoms with Gasteiger partial charge in [0, 0.05) is 22.3 Å². The fourth-order valence-corrected chi connectivity index (χ4v) is 3.73. The summed E-state index contributed by atoms with van der Waals surface area (Å²) in [6, 6.07) is 11.3. The Bertz CT molecular complexity index is 582. The molecule has 0 amide bonds. The fourth-order valence-electron chi connectivity index (χ4n) is 2.61. The second-order valence-corrected chi connectivity index (χ2v) is 6.83. The second-order valence-electron chi connectivity index (χ2n) is 5.51. The average molecular weight is 306 g/mol. The van der Waals surface area contributed by atoms with Crippen LogP contribution in [0.15, 0.2) is 36.4 Å². The van der Waals surface area contributed by atoms with E-state index in [-0.39, 0.29) is 17.9 Å². The maximum absolute atomic E-state index is 13.3. The minimum absolute atomic E-state index is 0.0709. The van der Waals surface area contributed by atoms with Gasteiger partial charge in [-0.05, 0) is 50.2 Å². The minimum atomic E-state index is -0.191. The lowest BCUT2D eigenvalue weighted by Gasteiger charge is -2.31. The first kappa shape index (κ1) is 16.1. The van der Waals surface area contributed by atoms with Crippen LogP contribution in [0.25, 0.3) is 0 Å². The van der Waals surface area contributed by atoms with Gasteiger partial charge < -0.3 is 5.73 Å². The predicted octanol–water partition coefficient (Wildman–Crippen LogP) is 4.11. The van der Waals surface area contributed by atoms with Crippen molar-refractivity contribution in [2.24, 2.45) is 5.73 Å². The maximum Gasteiger partial charge on any atom is 0.123 e. The number of rotatable bonds is 6. The molecule has 0 aliphatic heterocycles. The molecule has 0 fully saturated rings. The number of nitrogens with two attached hydrogens (primary N) is 1. The van der Waals surface area contributed by atoms with E-state index < -0.39 is 0 Å². The topological polar surface area (TPSA) is 29.3 Å². The molecule has 1 aromatic heterocycles. The summed E-state index contributed by atoms with van der Waals surface area (Å²) in [6.45, 7) is 4.90. The highest BCUT2D eigenvalue weighted by Gasteiger charge is 2.24. The normalized spacial score (nSPS) is 14.4. The summed E-state index contributed by atoms with van der Waals surface area (Å²) in [6.07, 6.45) is 0.912. The molecule has 2 nitrogen and oxygen atoms in total. The summed E-state index contributed by atoms with van der Waals surface area (Å²) < 4.78 is 13.3. The Morgan fingerprint density at radius 2 is 2.05 bits per heavy atom. The van der Waals surface area contributed by atoms with Gasteiger partial charge in [0.05, 0.1) is 6.04 Å². The van der Waals surface area contributed by atoms with Gasteiger partial charge >= 0.3 is 0 Å². The quantitative estimate of drug-likeness (QED) is 0.870. The number of benzene rings is 1. The van der Waals surface area contributed by atoms with Crippen LogP contribution in [0.3, 0.4) is 0 Å². The third kappa shape index (κ3) is 4.13. The molecule has 0 spiro atoms. The Morgan fingerprint density at radius 3 is 2.62 bits per heavy atom. The lowest BCUT2D eigenvalue weighted by Crippen LogP contribution is -2.38. The van der Waals surface area contributed by atoms with Gasteiger partial charge in [0.1, 0.15) is 5.82 Å². The molecule has 0 saturated carbocycles. The Hall–Kier alpha value is -1.23. The lowest BCUT2D eigenvalue weighted by atomic mass is 10.0. The summed E-state index contributed by atoms with van der Waals surface area (Å²) in [7, 11) is 2.06. The summed E-state index contributed by atoms with van der Waals surface area (Å²) in [5.74, 6) is -0.191. The van der Waals surface area contributed by atoms with E-state index >= 15 is 0 Å². The van der Waals surface area contributed by atoms with Crippen molar-refractivity contribution in [2.45, 2.75) is 38.9 Å². The number of hydrogen-bond donors (Lipinski definition) is 1. The molecule has 2 rings (SSSR count). The zero-order valence-electron chi connectivity index (χ0n) is 12.8. The van der Waals surface area contributed by atoms with Gasteiger partial charge in [0.2, 0.25) is 0 Å². The van der Waals surface area contributed by atoms with Crippen LogP contribution in [0.4, 0.5) is 4.39 Å². The second kappa shape index (κ2) is 7.16. The third-order valence-corrected chi connectivity index (χ3v) is 4.80. The zero-order chi connectivity index (χ0) is 15.4. The molecule has 21 heavy (non-hydrogen) atoms. The number of thiophene rings is 1. The summed E-state index contributed by atoms with van der Waals surface area (Å²) in [5, 5.41) is 0. The smallest absolute Gasteiger partial charge is 0.123 e. The van der Waals surface area contributed by atoms with Crippen molar-refractivity contribution in [3.63, 3.8) is 0 Å². The van der Waals surface area contributed by atoms with E-state index in [1.54, 1.807) is 23.5 Å². The van der Waals surface area contributed by atoms with Crippen molar-refractivity contribution < 1.29 is 4.39 Å². The monoisotopic (exact) mass is 306 g/mol. The minimum Gasteiger partial charge on any atom is -0.326 e. The van der Waals surface area contributed by atoms with Gasteiger partial charge in [0.15, 0.2) is 0 Å². The molecule has 2 atom stereocenters. The Morgan fingerprint density at radius 1 is 1.29 bits per heavy atom. The largest absolute Gasteiger partial charge is 0.326 e. The van der Waals surface area contributed by atoms with Crippen LogP contribution < -0.4 is 5.73 Å². The van der Waals surface area contributed by atoms with Gasteiger partial charge in [-0.15, -0.1) is 11.3 Å². The molecule has 114 valence electrons. The summed E-state index contributed by atoms with van der Waals surface area (Å²) in [4.78, 5) is 4.78. The van der Waals surface area contributed by atoms with Crippen LogP contribution in [0.2, 0.25) is 0 Å². The lowest BCUT2D eigenvalue weighted by molar-refractivity contribution is 0.205. The van der Waals surface area contributed by atoms with E-state index in [1.165, 1.54) is 15.8 Å². The summed E-state index contributed by atoms with van der Waals surface area (Å²) in [5.41, 5.74) is 7.31. The molecule has 0 aliphatic rings. The first-order valence-corrected chi connectivity index (χ1v) is 8.09. The fraction of sp³-hybridized carbons (Fsp3) is 0.412. The van der Waals surface area contributed by atoms with Gasteiger partial charge in [-0.1, -0.05) is 19.1 Å². The number of likely N-dealkylation sites (N-methyl/N-ethyl adjacent to an activating group) is 1. The highest BCUT2D eigenvalue weighted by Crippen LogP contribution is 2.30. The molecule has 1 aromatic carbocycles. The van der Waals surface area contributed by atoms with Crippen LogP contribution in [-0.4, -0.2) is 18.0 Å². The van der Waals surface area contributed by atoms with Crippen molar-refractivity contribution >= 4 is 11.3 Å². The standard InChI is InChI=1S/C17H23FN2S/c1-4-15(19)17(16-9-8-12(2)21-16)20(3)11-13-6-5-7-14(18)10-13/h5-10,15,17H,4,11,19H2,1-3H3. The first-order chi connectivity index (χ1) is 10.0. The Labute approximate surface area is 130 Å². The molecule has 2 N–H and O–H groups in total. The molecule has 0 radical (unpaired) electrons. The SMILES string of the molecule is CCC(N)C(c1ccc(C)s1)N(C)Cc1cccc(F)c1. The third-order valence-electron chi connectivity index (χ3n) is 3.73. The zero-order valence-corrected chi connectivity index (χ0v) is 13.7. The van der Waals surface area contributed by atoms with Gasteiger partial charge in [0.25, 0.3) is 0 Å². The number of hydrogen-bond acceptors (Lipinski definition) is 3. The van der Waals surface area contributed by atoms with E-state index in [4.69, 9.17) is 5.73 Å². The first-order valence-electron chi connectivity index (χ1n) is 7.28. The molecule has 0 bridgehead atoms. The van der Waals surface area contributed by atoms with Gasteiger partial charge in [-0.2, -0.15) is 0 Å². The highest BCUT2D eigenvalue weighted by molar-refractivity contribution is 7.12. The number of aryl methyl sites for hydroxylation is 1. The number of halogens is 1. The van der Waals surface area contributed by atoms with Crippen molar-refractivity contribution in [1.82, 2.24) is 4.90 Å². The van der Waals surface area contributed by atoms with E-state index in [9.17, 15) is 4.39 Å². The predicted molar refractivity (Wildman–Crippen MR) is 87.9 cm³/mol. The molecular formula is C17H23FN2S. The van der Waals surface area contributed by atoms with Crippen LogP contribution in [0.5, 0.6) is 0 Å². The molecular weight excluding hydrogens is 283 g/mol. The van der Waals surface area contributed by atoms with Crippen LogP contribution in [0.1, 0.15) is 34.7 Å². The van der Waals surface area contributed by atoms with Crippen molar-refractivity contribution in [2.75, 3.05) is 7.05 Å². The summed E-state index contributed by atoms with van der Waals surface area (Å²) >= 11 is 1.79. The molecule has 4 heteroatoms. The molecule has 2 aromatic rings. The number of nitrogens with zero attached hydrogens (tertiary/aromatic N) is 1. The van der Waals surface area contributed by atoms with E-state index in [2.05, 4.69) is 37.9 Å². The molecule has 1 heterocycles. The maximum atomic E-state index is 13.3. The van der Waals surface area contributed by atoms with Crippen molar-refractivity contribution in [3.8, 4) is 0 Å². The van der Waals surface area contributed by atoms with Crippen LogP contribution in [0, 0.1) is 12.7 Å². The van der Waals surface area contributed by atoms with Gasteiger partial charge in [-0.25, -0.2) is 4.39 Å². The van der Waals surface area contributed by atoms with Crippen LogP contribution in [-0.2, 0) is 6.54 Å². The molecule has 0 aliphatic carbocycles.